The van der Waals surface area contributed by atoms with E-state index in [1.165, 1.54) is 116 Å². The Hall–Kier alpha value is -2.13. The average Bonchev–Trinajstić information content (AvgIpc) is 3.26. The van der Waals surface area contributed by atoms with Crippen LogP contribution < -0.4 is 0 Å². The minimum Gasteiger partial charge on any atom is -0.462 e. The van der Waals surface area contributed by atoms with Crippen molar-refractivity contribution in [1.29, 1.82) is 0 Å². The molecule has 0 aromatic rings. The lowest BCUT2D eigenvalue weighted by Crippen LogP contribution is -2.60. The lowest BCUT2D eigenvalue weighted by Gasteiger charge is -2.40. The first-order valence-electron chi connectivity index (χ1n) is 25.5. The zero-order chi connectivity index (χ0) is 46.9. The van der Waals surface area contributed by atoms with Gasteiger partial charge in [-0.2, -0.15) is 8.42 Å². The van der Waals surface area contributed by atoms with Crippen molar-refractivity contribution in [3.05, 3.63) is 36.5 Å². The van der Waals surface area contributed by atoms with Crippen LogP contribution in [0.25, 0.3) is 0 Å². The van der Waals surface area contributed by atoms with Crippen molar-refractivity contribution < 1.29 is 56.8 Å². The molecule has 1 rings (SSSR count). The number of allylic oxidation sites excluding steroid dienone is 6. The van der Waals surface area contributed by atoms with Crippen LogP contribution in [0, 0.1) is 0 Å². The number of hydrogen-bond donors (Lipinski definition) is 4. The summed E-state index contributed by atoms with van der Waals surface area (Å²) in [5.41, 5.74) is 0. The molecule has 6 atom stereocenters. The minimum absolute atomic E-state index is 0.159. The molecule has 0 amide bonds. The van der Waals surface area contributed by atoms with Gasteiger partial charge in [-0.25, -0.2) is 0 Å². The normalized spacial score (nSPS) is 19.9. The van der Waals surface area contributed by atoms with Gasteiger partial charge in [0.2, 0.25) is 0 Å². The second-order valence-electron chi connectivity index (χ2n) is 17.8. The number of carbonyl (C=O) groups excluding carboxylic acids is 2. The smallest absolute Gasteiger partial charge is 0.306 e. The molecule has 0 spiro atoms. The Morgan fingerprint density at radius 1 is 0.531 bits per heavy atom. The predicted octanol–water partition coefficient (Wildman–Crippen LogP) is 11.3. The Labute approximate surface area is 389 Å². The predicted molar refractivity (Wildman–Crippen MR) is 256 cm³/mol. The maximum atomic E-state index is 12.9. The number of ether oxygens (including phenoxy) is 4. The van der Waals surface area contributed by atoms with Gasteiger partial charge in [0.15, 0.2) is 12.4 Å². The maximum Gasteiger partial charge on any atom is 0.306 e. The standard InChI is InChI=1S/C51H92O12S/c1-3-5-7-9-11-13-15-17-19-21-22-24-25-27-29-31-33-35-37-39-46(52)60-41-44(42-61-51-50(56)49(55)48(54)45(63-51)43-64(57,58)59)62-47(53)40-38-36-34-32-30-28-26-23-20-18-16-14-12-10-8-6-4-2/h11,13,17-20,44-45,48-51,54-56H,3-10,12,14-16,21-43H2,1-2H3,(H,57,58,59)/b13-11+,19-17+,20-18+/t44-,45-,48-,49?,50?,51+/m1/s1. The van der Waals surface area contributed by atoms with Gasteiger partial charge in [-0.3, -0.25) is 14.1 Å². The van der Waals surface area contributed by atoms with E-state index < -0.39 is 71.2 Å². The number of unbranched alkanes of at least 4 members (excludes halogenated alkanes) is 25. The van der Waals surface area contributed by atoms with Crippen molar-refractivity contribution in [3.63, 3.8) is 0 Å². The van der Waals surface area contributed by atoms with Crippen molar-refractivity contribution in [3.8, 4) is 0 Å². The summed E-state index contributed by atoms with van der Waals surface area (Å²) in [6.45, 7) is 3.75. The fraction of sp³-hybridized carbons (Fsp3) is 0.843. The number of aliphatic hydroxyl groups is 3. The van der Waals surface area contributed by atoms with E-state index in [9.17, 15) is 37.9 Å². The van der Waals surface area contributed by atoms with E-state index in [4.69, 9.17) is 18.9 Å². The third kappa shape index (κ3) is 35.1. The average molecular weight is 929 g/mol. The van der Waals surface area contributed by atoms with Crippen molar-refractivity contribution in [2.45, 2.75) is 256 Å². The summed E-state index contributed by atoms with van der Waals surface area (Å²) in [7, 11) is -4.61. The molecule has 64 heavy (non-hydrogen) atoms. The van der Waals surface area contributed by atoms with Crippen LogP contribution in [0.3, 0.4) is 0 Å². The number of aliphatic hydroxyl groups excluding tert-OH is 3. The van der Waals surface area contributed by atoms with E-state index in [1.54, 1.807) is 0 Å². The van der Waals surface area contributed by atoms with E-state index in [-0.39, 0.29) is 19.4 Å². The first-order chi connectivity index (χ1) is 31.0. The molecule has 0 saturated carbocycles. The molecule has 0 bridgehead atoms. The van der Waals surface area contributed by atoms with E-state index in [1.807, 2.05) is 0 Å². The molecule has 0 aromatic heterocycles. The van der Waals surface area contributed by atoms with Crippen LogP contribution >= 0.6 is 0 Å². The molecule has 0 radical (unpaired) electrons. The van der Waals surface area contributed by atoms with Gasteiger partial charge in [0.25, 0.3) is 10.1 Å². The Kier molecular flexibility index (Phi) is 38.4. The third-order valence-corrected chi connectivity index (χ3v) is 12.4. The van der Waals surface area contributed by atoms with Gasteiger partial charge >= 0.3 is 11.9 Å². The van der Waals surface area contributed by atoms with Gasteiger partial charge in [0.05, 0.1) is 6.61 Å². The minimum atomic E-state index is -4.61. The molecule has 0 aliphatic carbocycles. The fourth-order valence-electron chi connectivity index (χ4n) is 7.70. The molecular weight excluding hydrogens is 837 g/mol. The molecule has 2 unspecified atom stereocenters. The van der Waals surface area contributed by atoms with Crippen molar-refractivity contribution in [1.82, 2.24) is 0 Å². The van der Waals surface area contributed by atoms with Crippen molar-refractivity contribution in [2.24, 2.45) is 0 Å². The Bertz CT molecular complexity index is 1320. The first-order valence-corrected chi connectivity index (χ1v) is 27.2. The first kappa shape index (κ1) is 59.9. The highest BCUT2D eigenvalue weighted by atomic mass is 32.2. The molecule has 1 aliphatic heterocycles. The van der Waals surface area contributed by atoms with E-state index >= 15 is 0 Å². The quantitative estimate of drug-likeness (QED) is 0.0196. The summed E-state index contributed by atoms with van der Waals surface area (Å²) in [5, 5.41) is 31.0. The lowest BCUT2D eigenvalue weighted by atomic mass is 10.00. The summed E-state index contributed by atoms with van der Waals surface area (Å²) in [4.78, 5) is 25.5. The fourth-order valence-corrected chi connectivity index (χ4v) is 8.39. The van der Waals surface area contributed by atoms with Crippen LogP contribution in [0.4, 0.5) is 0 Å². The highest BCUT2D eigenvalue weighted by Crippen LogP contribution is 2.24. The van der Waals surface area contributed by atoms with Crippen LogP contribution in [-0.2, 0) is 38.7 Å². The highest BCUT2D eigenvalue weighted by Gasteiger charge is 2.46. The van der Waals surface area contributed by atoms with Gasteiger partial charge in [-0.05, 0) is 70.6 Å². The molecule has 1 fully saturated rings. The zero-order valence-electron chi connectivity index (χ0n) is 40.1. The van der Waals surface area contributed by atoms with E-state index in [0.717, 1.165) is 64.2 Å². The molecule has 0 aromatic carbocycles. The summed E-state index contributed by atoms with van der Waals surface area (Å²) in [6, 6.07) is 0. The molecule has 1 saturated heterocycles. The van der Waals surface area contributed by atoms with E-state index in [2.05, 4.69) is 50.3 Å². The molecule has 12 nitrogen and oxygen atoms in total. The summed E-state index contributed by atoms with van der Waals surface area (Å²) in [5.74, 6) is -1.99. The topological polar surface area (TPSA) is 186 Å². The van der Waals surface area contributed by atoms with Gasteiger partial charge in [0.1, 0.15) is 36.8 Å². The molecule has 13 heteroatoms. The van der Waals surface area contributed by atoms with Crippen molar-refractivity contribution >= 4 is 22.1 Å². The Morgan fingerprint density at radius 2 is 0.938 bits per heavy atom. The number of hydrogen-bond acceptors (Lipinski definition) is 11. The van der Waals surface area contributed by atoms with Crippen LogP contribution in [0.2, 0.25) is 0 Å². The van der Waals surface area contributed by atoms with Crippen LogP contribution in [0.15, 0.2) is 36.5 Å². The number of carbonyl (C=O) groups is 2. The Balaban J connectivity index is 2.38. The molecule has 1 aliphatic rings. The Morgan fingerprint density at radius 3 is 1.42 bits per heavy atom. The molecular formula is C51H92O12S. The molecule has 374 valence electrons. The second-order valence-corrected chi connectivity index (χ2v) is 19.3. The van der Waals surface area contributed by atoms with Gasteiger partial charge in [-0.1, -0.05) is 172 Å². The van der Waals surface area contributed by atoms with Gasteiger partial charge < -0.3 is 34.3 Å². The monoisotopic (exact) mass is 929 g/mol. The van der Waals surface area contributed by atoms with Crippen LogP contribution in [0.5, 0.6) is 0 Å². The molecule has 4 N–H and O–H groups in total. The zero-order valence-corrected chi connectivity index (χ0v) is 41.0. The third-order valence-electron chi connectivity index (χ3n) is 11.7. The van der Waals surface area contributed by atoms with Gasteiger partial charge in [0, 0.05) is 12.8 Å². The number of rotatable bonds is 43. The largest absolute Gasteiger partial charge is 0.462 e. The summed E-state index contributed by atoms with van der Waals surface area (Å²) >= 11 is 0. The van der Waals surface area contributed by atoms with Crippen LogP contribution in [0.1, 0.15) is 219 Å². The number of esters is 2. The summed E-state index contributed by atoms with van der Waals surface area (Å²) in [6.07, 6.45) is 38.9. The summed E-state index contributed by atoms with van der Waals surface area (Å²) < 4.78 is 54.2. The maximum absolute atomic E-state index is 12.9. The SMILES string of the molecule is CCCCC/C=C/C/C=C/CCCCCCCCCCCC(=O)OC[C@H](CO[C@H]1O[C@H](CS(=O)(=O)O)[C@@H](O)C(O)C1O)OC(=O)CCCCCCCCC/C=C/CCCCCCCC. The van der Waals surface area contributed by atoms with Crippen molar-refractivity contribution in [2.75, 3.05) is 19.0 Å². The second kappa shape index (κ2) is 41.1. The van der Waals surface area contributed by atoms with E-state index in [0.29, 0.717) is 12.8 Å². The lowest BCUT2D eigenvalue weighted by molar-refractivity contribution is -0.297. The molecule has 1 heterocycles. The van der Waals surface area contributed by atoms with Crippen LogP contribution in [-0.4, -0.2) is 96.0 Å². The van der Waals surface area contributed by atoms with Gasteiger partial charge in [-0.15, -0.1) is 0 Å². The highest BCUT2D eigenvalue weighted by molar-refractivity contribution is 7.85.